The van der Waals surface area contributed by atoms with Crippen LogP contribution in [0.3, 0.4) is 0 Å². The number of rotatable bonds is 8. The van der Waals surface area contributed by atoms with Crippen molar-refractivity contribution in [1.82, 2.24) is 5.32 Å². The van der Waals surface area contributed by atoms with Crippen molar-refractivity contribution in [3.8, 4) is 0 Å². The summed E-state index contributed by atoms with van der Waals surface area (Å²) in [6, 6.07) is 10.8. The molecule has 2 N–H and O–H groups in total. The maximum atomic E-state index is 12.6. The molecule has 6 nitrogen and oxygen atoms in total. The average molecular weight is 443 g/mol. The monoisotopic (exact) mass is 443 g/mol. The number of alkyl halides is 3. The summed E-state index contributed by atoms with van der Waals surface area (Å²) in [7, 11) is -0.310. The van der Waals surface area contributed by atoms with E-state index >= 15 is 0 Å². The van der Waals surface area contributed by atoms with Gasteiger partial charge in [-0.15, -0.1) is 0 Å². The Morgan fingerprint density at radius 2 is 1.70 bits per heavy atom. The first-order valence-electron chi connectivity index (χ1n) is 8.80. The summed E-state index contributed by atoms with van der Waals surface area (Å²) in [5.74, 6) is -1.75. The Kier molecular flexibility index (Phi) is 8.13. The van der Waals surface area contributed by atoms with Crippen LogP contribution in [0.4, 0.5) is 13.2 Å². The predicted octanol–water partition coefficient (Wildman–Crippen LogP) is 2.59. The first kappa shape index (κ1) is 23.6. The molecule has 0 aliphatic heterocycles. The Morgan fingerprint density at radius 3 is 2.23 bits per heavy atom. The second kappa shape index (κ2) is 10.4. The van der Waals surface area contributed by atoms with Crippen molar-refractivity contribution < 1.29 is 36.8 Å². The van der Waals surface area contributed by atoms with Crippen LogP contribution in [0.5, 0.6) is 0 Å². The SMILES string of the molecule is COC(=O)[C@H](CC[S@](=O)c1ccccc1)NC(=O)[C@H](O)c1ccc(C(F)(F)F)cc1. The Labute approximate surface area is 173 Å². The van der Waals surface area contributed by atoms with Gasteiger partial charge in [0.15, 0.2) is 6.10 Å². The van der Waals surface area contributed by atoms with Gasteiger partial charge in [0.25, 0.3) is 5.91 Å². The van der Waals surface area contributed by atoms with Crippen LogP contribution in [0.25, 0.3) is 0 Å². The number of halogens is 3. The molecular weight excluding hydrogens is 423 g/mol. The lowest BCUT2D eigenvalue weighted by molar-refractivity contribution is -0.146. The quantitative estimate of drug-likeness (QED) is 0.612. The van der Waals surface area contributed by atoms with Gasteiger partial charge in [-0.05, 0) is 36.2 Å². The van der Waals surface area contributed by atoms with Crippen LogP contribution >= 0.6 is 0 Å². The molecule has 0 aliphatic carbocycles. The first-order chi connectivity index (χ1) is 14.1. The second-order valence-electron chi connectivity index (χ2n) is 6.26. The molecule has 2 rings (SSSR count). The van der Waals surface area contributed by atoms with Crippen LogP contribution in [-0.4, -0.2) is 40.1 Å². The van der Waals surface area contributed by atoms with E-state index in [1.165, 1.54) is 0 Å². The Morgan fingerprint density at radius 1 is 1.10 bits per heavy atom. The summed E-state index contributed by atoms with van der Waals surface area (Å²) in [6.07, 6.45) is -6.37. The van der Waals surface area contributed by atoms with Gasteiger partial charge in [-0.25, -0.2) is 4.79 Å². The molecule has 0 saturated carbocycles. The van der Waals surface area contributed by atoms with E-state index in [4.69, 9.17) is 0 Å². The molecule has 30 heavy (non-hydrogen) atoms. The fourth-order valence-electron chi connectivity index (χ4n) is 2.56. The molecular formula is C20H20F3NO5S. The molecule has 0 fully saturated rings. The molecule has 0 saturated heterocycles. The number of esters is 1. The highest BCUT2D eigenvalue weighted by atomic mass is 32.2. The summed E-state index contributed by atoms with van der Waals surface area (Å²) in [5.41, 5.74) is -0.994. The third kappa shape index (κ3) is 6.39. The third-order valence-electron chi connectivity index (χ3n) is 4.20. The molecule has 0 unspecified atom stereocenters. The largest absolute Gasteiger partial charge is 0.467 e. The zero-order chi connectivity index (χ0) is 22.3. The van der Waals surface area contributed by atoms with Crippen LogP contribution in [0.1, 0.15) is 23.7 Å². The van der Waals surface area contributed by atoms with Gasteiger partial charge in [0, 0.05) is 10.6 Å². The Balaban J connectivity index is 2.03. The van der Waals surface area contributed by atoms with Crippen molar-refractivity contribution in [2.75, 3.05) is 12.9 Å². The highest BCUT2D eigenvalue weighted by Gasteiger charge is 2.31. The van der Waals surface area contributed by atoms with Gasteiger partial charge in [0.2, 0.25) is 0 Å². The standard InChI is InChI=1S/C20H20F3NO5S/c1-29-19(27)16(11-12-30(28)15-5-3-2-4-6-15)24-18(26)17(25)13-7-9-14(10-8-13)20(21,22)23/h2-10,16-17,25H,11-12H2,1H3,(H,24,26)/t16-,17+,30-/m0/s1. The lowest BCUT2D eigenvalue weighted by atomic mass is 10.1. The molecule has 3 atom stereocenters. The number of aliphatic hydroxyl groups excluding tert-OH is 1. The predicted molar refractivity (Wildman–Crippen MR) is 103 cm³/mol. The first-order valence-corrected chi connectivity index (χ1v) is 10.1. The zero-order valence-corrected chi connectivity index (χ0v) is 16.7. The van der Waals surface area contributed by atoms with Gasteiger partial charge in [0.1, 0.15) is 6.04 Å². The van der Waals surface area contributed by atoms with E-state index in [2.05, 4.69) is 10.1 Å². The lowest BCUT2D eigenvalue weighted by Crippen LogP contribution is -2.44. The van der Waals surface area contributed by atoms with Crippen molar-refractivity contribution in [3.63, 3.8) is 0 Å². The van der Waals surface area contributed by atoms with E-state index in [1.807, 2.05) is 0 Å². The van der Waals surface area contributed by atoms with Crippen molar-refractivity contribution in [2.45, 2.75) is 29.6 Å². The summed E-state index contributed by atoms with van der Waals surface area (Å²) in [4.78, 5) is 24.8. The number of nitrogens with one attached hydrogen (secondary N) is 1. The number of methoxy groups -OCH3 is 1. The number of hydrogen-bond acceptors (Lipinski definition) is 5. The van der Waals surface area contributed by atoms with Gasteiger partial charge in [0.05, 0.1) is 23.5 Å². The molecule has 0 radical (unpaired) electrons. The van der Waals surface area contributed by atoms with Crippen LogP contribution in [0.2, 0.25) is 0 Å². The van der Waals surface area contributed by atoms with E-state index < -0.39 is 46.6 Å². The molecule has 2 aromatic carbocycles. The zero-order valence-electron chi connectivity index (χ0n) is 15.9. The van der Waals surface area contributed by atoms with Gasteiger partial charge >= 0.3 is 12.1 Å². The minimum absolute atomic E-state index is 0.0281. The third-order valence-corrected chi connectivity index (χ3v) is 5.61. The van der Waals surface area contributed by atoms with E-state index in [0.717, 1.165) is 31.4 Å². The van der Waals surface area contributed by atoms with E-state index in [9.17, 15) is 32.1 Å². The topological polar surface area (TPSA) is 92.7 Å². The molecule has 0 heterocycles. The van der Waals surface area contributed by atoms with E-state index in [0.29, 0.717) is 4.90 Å². The molecule has 0 spiro atoms. The smallest absolute Gasteiger partial charge is 0.416 e. The van der Waals surface area contributed by atoms with Gasteiger partial charge in [-0.3, -0.25) is 9.00 Å². The summed E-state index contributed by atoms with van der Waals surface area (Å²) in [5, 5.41) is 12.4. The number of aliphatic hydroxyl groups is 1. The van der Waals surface area contributed by atoms with Gasteiger partial charge < -0.3 is 15.2 Å². The Hall–Kier alpha value is -2.72. The molecule has 0 bridgehead atoms. The summed E-state index contributed by atoms with van der Waals surface area (Å²) in [6.45, 7) is 0. The number of carbonyl (C=O) groups is 2. The van der Waals surface area contributed by atoms with Gasteiger partial charge in [-0.2, -0.15) is 13.2 Å². The fraction of sp³-hybridized carbons (Fsp3) is 0.300. The minimum Gasteiger partial charge on any atom is -0.467 e. The Bertz CT molecular complexity index is 888. The van der Waals surface area contributed by atoms with E-state index in [-0.39, 0.29) is 17.7 Å². The van der Waals surface area contributed by atoms with Gasteiger partial charge in [-0.1, -0.05) is 30.3 Å². The maximum Gasteiger partial charge on any atom is 0.416 e. The number of hydrogen-bond donors (Lipinski definition) is 2. The van der Waals surface area contributed by atoms with Crippen LogP contribution in [0.15, 0.2) is 59.5 Å². The van der Waals surface area contributed by atoms with E-state index in [1.54, 1.807) is 30.3 Å². The van der Waals surface area contributed by atoms with Crippen molar-refractivity contribution in [3.05, 3.63) is 65.7 Å². The highest BCUT2D eigenvalue weighted by molar-refractivity contribution is 7.85. The number of ether oxygens (including phenoxy) is 1. The molecule has 2 aromatic rings. The van der Waals surface area contributed by atoms with Crippen LogP contribution in [-0.2, 0) is 31.3 Å². The summed E-state index contributed by atoms with van der Waals surface area (Å²) < 4.78 is 54.9. The number of amides is 1. The maximum absolute atomic E-state index is 12.6. The minimum atomic E-state index is -4.55. The molecule has 162 valence electrons. The van der Waals surface area contributed by atoms with Crippen LogP contribution in [0, 0.1) is 0 Å². The summed E-state index contributed by atoms with van der Waals surface area (Å²) >= 11 is 0. The second-order valence-corrected chi connectivity index (χ2v) is 7.83. The molecule has 0 aromatic heterocycles. The molecule has 0 aliphatic rings. The fourth-order valence-corrected chi connectivity index (χ4v) is 3.71. The number of carbonyl (C=O) groups excluding carboxylic acids is 2. The molecule has 1 amide bonds. The average Bonchev–Trinajstić information content (AvgIpc) is 2.75. The number of benzene rings is 2. The lowest BCUT2D eigenvalue weighted by Gasteiger charge is -2.19. The van der Waals surface area contributed by atoms with Crippen molar-refractivity contribution >= 4 is 22.7 Å². The van der Waals surface area contributed by atoms with Crippen molar-refractivity contribution in [2.24, 2.45) is 0 Å². The van der Waals surface area contributed by atoms with Crippen molar-refractivity contribution in [1.29, 1.82) is 0 Å². The van der Waals surface area contributed by atoms with Crippen LogP contribution < -0.4 is 5.32 Å². The highest BCUT2D eigenvalue weighted by Crippen LogP contribution is 2.30. The molecule has 10 heteroatoms. The normalized spacial score (nSPS) is 14.4.